The van der Waals surface area contributed by atoms with Crippen molar-refractivity contribution in [2.75, 3.05) is 18.8 Å². The van der Waals surface area contributed by atoms with E-state index >= 15 is 0 Å². The summed E-state index contributed by atoms with van der Waals surface area (Å²) in [6.07, 6.45) is 5.86. The van der Waals surface area contributed by atoms with Crippen molar-refractivity contribution >= 4 is 5.82 Å². The minimum Gasteiger partial charge on any atom is -0.383 e. The SMILES string of the molecule is Cc1ccccc1-n1ncc(CN2CCCCC2)c1N. The molecule has 1 aliphatic heterocycles. The Balaban J connectivity index is 1.83. The maximum absolute atomic E-state index is 6.30. The Morgan fingerprint density at radius 1 is 1.15 bits per heavy atom. The van der Waals surface area contributed by atoms with E-state index in [9.17, 15) is 0 Å². The molecule has 2 N–H and O–H groups in total. The molecule has 0 aliphatic carbocycles. The van der Waals surface area contributed by atoms with Crippen LogP contribution in [0.4, 0.5) is 5.82 Å². The largest absolute Gasteiger partial charge is 0.383 e. The van der Waals surface area contributed by atoms with Crippen molar-refractivity contribution in [1.82, 2.24) is 14.7 Å². The van der Waals surface area contributed by atoms with Crippen LogP contribution < -0.4 is 5.73 Å². The molecule has 0 atom stereocenters. The Morgan fingerprint density at radius 3 is 2.65 bits per heavy atom. The minimum absolute atomic E-state index is 0.768. The van der Waals surface area contributed by atoms with Crippen LogP contribution in [0.1, 0.15) is 30.4 Å². The zero-order valence-corrected chi connectivity index (χ0v) is 12.0. The van der Waals surface area contributed by atoms with Gasteiger partial charge in [-0.1, -0.05) is 24.6 Å². The Morgan fingerprint density at radius 2 is 1.90 bits per heavy atom. The molecule has 0 spiro atoms. The summed E-state index contributed by atoms with van der Waals surface area (Å²) >= 11 is 0. The third-order valence-electron chi connectivity index (χ3n) is 4.07. The lowest BCUT2D eigenvalue weighted by Gasteiger charge is -2.26. The monoisotopic (exact) mass is 270 g/mol. The summed E-state index contributed by atoms with van der Waals surface area (Å²) in [5.41, 5.74) is 9.68. The number of likely N-dealkylation sites (tertiary alicyclic amines) is 1. The first-order valence-corrected chi connectivity index (χ1v) is 7.36. The number of piperidine rings is 1. The molecule has 20 heavy (non-hydrogen) atoms. The van der Waals surface area contributed by atoms with Crippen molar-refractivity contribution in [3.8, 4) is 5.69 Å². The molecule has 2 aromatic rings. The molecule has 0 saturated carbocycles. The van der Waals surface area contributed by atoms with Gasteiger partial charge in [0.2, 0.25) is 0 Å². The quantitative estimate of drug-likeness (QED) is 0.933. The van der Waals surface area contributed by atoms with E-state index in [4.69, 9.17) is 5.73 Å². The second kappa shape index (κ2) is 5.67. The Kier molecular flexibility index (Phi) is 3.74. The first kappa shape index (κ1) is 13.2. The van der Waals surface area contributed by atoms with Gasteiger partial charge < -0.3 is 5.73 Å². The summed E-state index contributed by atoms with van der Waals surface area (Å²) in [5.74, 6) is 0.768. The number of para-hydroxylation sites is 1. The molecule has 0 amide bonds. The fourth-order valence-electron chi connectivity index (χ4n) is 2.87. The predicted molar refractivity (Wildman–Crippen MR) is 81.8 cm³/mol. The average molecular weight is 270 g/mol. The van der Waals surface area contributed by atoms with Crippen molar-refractivity contribution in [2.45, 2.75) is 32.7 Å². The van der Waals surface area contributed by atoms with Crippen LogP contribution in [0.25, 0.3) is 5.69 Å². The normalized spacial score (nSPS) is 16.4. The molecule has 1 saturated heterocycles. The number of benzene rings is 1. The van der Waals surface area contributed by atoms with Gasteiger partial charge in [-0.05, 0) is 44.5 Å². The van der Waals surface area contributed by atoms with Crippen LogP contribution in [0.15, 0.2) is 30.5 Å². The van der Waals surface area contributed by atoms with Gasteiger partial charge in [0.25, 0.3) is 0 Å². The summed E-state index contributed by atoms with van der Waals surface area (Å²) in [5, 5.41) is 4.48. The van der Waals surface area contributed by atoms with E-state index < -0.39 is 0 Å². The first-order chi connectivity index (χ1) is 9.75. The smallest absolute Gasteiger partial charge is 0.131 e. The van der Waals surface area contributed by atoms with Gasteiger partial charge in [-0.2, -0.15) is 5.10 Å². The maximum atomic E-state index is 6.30. The molecular formula is C16H22N4. The highest BCUT2D eigenvalue weighted by molar-refractivity contribution is 5.49. The highest BCUT2D eigenvalue weighted by Gasteiger charge is 2.15. The van der Waals surface area contributed by atoms with E-state index in [2.05, 4.69) is 29.1 Å². The van der Waals surface area contributed by atoms with Crippen LogP contribution in [0.2, 0.25) is 0 Å². The van der Waals surface area contributed by atoms with Gasteiger partial charge in [0.15, 0.2) is 0 Å². The average Bonchev–Trinajstić information content (AvgIpc) is 2.82. The number of aryl methyl sites for hydroxylation is 1. The minimum atomic E-state index is 0.768. The number of nitrogens with two attached hydrogens (primary N) is 1. The van der Waals surface area contributed by atoms with E-state index in [1.165, 1.54) is 37.9 Å². The topological polar surface area (TPSA) is 47.1 Å². The van der Waals surface area contributed by atoms with Crippen molar-refractivity contribution in [2.24, 2.45) is 0 Å². The van der Waals surface area contributed by atoms with Crippen LogP contribution in [0, 0.1) is 6.92 Å². The molecule has 0 radical (unpaired) electrons. The Bertz CT molecular complexity index is 582. The third kappa shape index (κ3) is 2.56. The maximum Gasteiger partial charge on any atom is 0.131 e. The van der Waals surface area contributed by atoms with Gasteiger partial charge in [-0.3, -0.25) is 4.90 Å². The summed E-state index contributed by atoms with van der Waals surface area (Å²) < 4.78 is 1.86. The first-order valence-electron chi connectivity index (χ1n) is 7.36. The van der Waals surface area contributed by atoms with Crippen LogP contribution in [0.3, 0.4) is 0 Å². The van der Waals surface area contributed by atoms with Crippen LogP contribution in [0.5, 0.6) is 0 Å². The van der Waals surface area contributed by atoms with E-state index in [0.717, 1.165) is 23.6 Å². The molecule has 1 fully saturated rings. The van der Waals surface area contributed by atoms with E-state index in [0.29, 0.717) is 0 Å². The number of nitrogen functional groups attached to an aromatic ring is 1. The molecule has 106 valence electrons. The molecule has 1 aliphatic rings. The van der Waals surface area contributed by atoms with Crippen molar-refractivity contribution in [3.05, 3.63) is 41.6 Å². The van der Waals surface area contributed by atoms with Crippen LogP contribution >= 0.6 is 0 Å². The van der Waals surface area contributed by atoms with E-state index in [1.807, 2.05) is 23.0 Å². The van der Waals surface area contributed by atoms with Gasteiger partial charge in [0.05, 0.1) is 11.9 Å². The van der Waals surface area contributed by atoms with Crippen molar-refractivity contribution in [1.29, 1.82) is 0 Å². The summed E-state index contributed by atoms with van der Waals surface area (Å²) in [4.78, 5) is 2.47. The van der Waals surface area contributed by atoms with Gasteiger partial charge in [0.1, 0.15) is 5.82 Å². The highest BCUT2D eigenvalue weighted by atomic mass is 15.3. The van der Waals surface area contributed by atoms with E-state index in [-0.39, 0.29) is 0 Å². The molecule has 4 nitrogen and oxygen atoms in total. The van der Waals surface area contributed by atoms with Crippen LogP contribution in [-0.4, -0.2) is 27.8 Å². The second-order valence-corrected chi connectivity index (χ2v) is 5.59. The molecule has 0 unspecified atom stereocenters. The molecule has 0 bridgehead atoms. The standard InChI is InChI=1S/C16H22N4/c1-13-7-3-4-8-15(13)20-16(17)14(11-18-20)12-19-9-5-2-6-10-19/h3-4,7-8,11H,2,5-6,9-10,12,17H2,1H3. The van der Waals surface area contributed by atoms with Crippen molar-refractivity contribution in [3.63, 3.8) is 0 Å². The lowest BCUT2D eigenvalue weighted by molar-refractivity contribution is 0.221. The number of aromatic nitrogens is 2. The zero-order chi connectivity index (χ0) is 13.9. The fraction of sp³-hybridized carbons (Fsp3) is 0.438. The molecule has 1 aromatic carbocycles. The summed E-state index contributed by atoms with van der Waals surface area (Å²) in [6, 6.07) is 8.20. The zero-order valence-electron chi connectivity index (χ0n) is 12.0. The number of anilines is 1. The molecule has 1 aromatic heterocycles. The molecule has 4 heteroatoms. The van der Waals surface area contributed by atoms with Gasteiger partial charge in [-0.25, -0.2) is 4.68 Å². The summed E-state index contributed by atoms with van der Waals surface area (Å²) in [6.45, 7) is 5.35. The number of hydrogen-bond acceptors (Lipinski definition) is 3. The Labute approximate surface area is 120 Å². The number of hydrogen-bond donors (Lipinski definition) is 1. The van der Waals surface area contributed by atoms with E-state index in [1.54, 1.807) is 0 Å². The van der Waals surface area contributed by atoms with Crippen molar-refractivity contribution < 1.29 is 0 Å². The second-order valence-electron chi connectivity index (χ2n) is 5.59. The number of nitrogens with zero attached hydrogens (tertiary/aromatic N) is 3. The lowest BCUT2D eigenvalue weighted by Crippen LogP contribution is -2.29. The van der Waals surface area contributed by atoms with Gasteiger partial charge in [0, 0.05) is 12.1 Å². The Hall–Kier alpha value is -1.81. The molecule has 2 heterocycles. The fourth-order valence-corrected chi connectivity index (χ4v) is 2.87. The molecular weight excluding hydrogens is 248 g/mol. The molecule has 3 rings (SSSR count). The van der Waals surface area contributed by atoms with Gasteiger partial charge >= 0.3 is 0 Å². The number of rotatable bonds is 3. The third-order valence-corrected chi connectivity index (χ3v) is 4.07. The summed E-state index contributed by atoms with van der Waals surface area (Å²) in [7, 11) is 0. The van der Waals surface area contributed by atoms with Crippen LogP contribution in [-0.2, 0) is 6.54 Å². The predicted octanol–water partition coefficient (Wildman–Crippen LogP) is 2.75. The highest BCUT2D eigenvalue weighted by Crippen LogP contribution is 2.22. The lowest BCUT2D eigenvalue weighted by atomic mass is 10.1. The van der Waals surface area contributed by atoms with Gasteiger partial charge in [-0.15, -0.1) is 0 Å².